The maximum Gasteiger partial charge on any atom is 0.232 e. The van der Waals surface area contributed by atoms with Gasteiger partial charge in [0.05, 0.1) is 5.69 Å². The minimum absolute atomic E-state index is 0.00886. The minimum Gasteiger partial charge on any atom is -0.294 e. The Labute approximate surface area is 172 Å². The van der Waals surface area contributed by atoms with E-state index in [2.05, 4.69) is 15.9 Å². The molecule has 0 saturated carbocycles. The van der Waals surface area contributed by atoms with Gasteiger partial charge in [0, 0.05) is 39.5 Å². The normalized spacial score (nSPS) is 20.1. The first-order valence-corrected chi connectivity index (χ1v) is 10.2. The van der Waals surface area contributed by atoms with Crippen molar-refractivity contribution in [3.05, 3.63) is 74.4 Å². The number of allylic oxidation sites excluding steroid dienone is 2. The van der Waals surface area contributed by atoms with E-state index >= 15 is 0 Å². The van der Waals surface area contributed by atoms with Crippen molar-refractivity contribution in [3.63, 3.8) is 0 Å². The van der Waals surface area contributed by atoms with Crippen molar-refractivity contribution < 1.29 is 9.59 Å². The first kappa shape index (κ1) is 18.5. The van der Waals surface area contributed by atoms with Crippen LogP contribution in [0, 0.1) is 6.92 Å². The molecule has 1 atom stereocenters. The second kappa shape index (κ2) is 7.25. The number of carbonyl (C=O) groups is 2. The zero-order valence-corrected chi connectivity index (χ0v) is 17.3. The first-order valence-electron chi connectivity index (χ1n) is 9.07. The van der Waals surface area contributed by atoms with Crippen molar-refractivity contribution >= 4 is 44.9 Å². The lowest BCUT2D eigenvalue weighted by Gasteiger charge is -2.39. The van der Waals surface area contributed by atoms with Crippen molar-refractivity contribution in [2.24, 2.45) is 0 Å². The third-order valence-corrected chi connectivity index (χ3v) is 6.57. The summed E-state index contributed by atoms with van der Waals surface area (Å²) in [6, 6.07) is 13.4. The Kier molecular flexibility index (Phi) is 4.95. The van der Waals surface area contributed by atoms with E-state index in [1.165, 1.54) is 0 Å². The van der Waals surface area contributed by atoms with Gasteiger partial charge in [-0.3, -0.25) is 14.5 Å². The molecule has 1 amide bonds. The summed E-state index contributed by atoms with van der Waals surface area (Å²) in [7, 11) is 0. The summed E-state index contributed by atoms with van der Waals surface area (Å²) in [5, 5.41) is 0.623. The highest BCUT2D eigenvalue weighted by molar-refractivity contribution is 9.10. The van der Waals surface area contributed by atoms with E-state index in [1.807, 2.05) is 49.4 Å². The summed E-state index contributed by atoms with van der Waals surface area (Å²) in [6.45, 7) is 1.91. The van der Waals surface area contributed by atoms with Crippen LogP contribution in [0.4, 0.5) is 5.69 Å². The summed E-state index contributed by atoms with van der Waals surface area (Å²) in [5.41, 5.74) is 4.26. The smallest absolute Gasteiger partial charge is 0.232 e. The van der Waals surface area contributed by atoms with Crippen molar-refractivity contribution in [3.8, 4) is 0 Å². The summed E-state index contributed by atoms with van der Waals surface area (Å²) >= 11 is 9.90. The molecular formula is C22H19BrClNO2. The molecule has 0 aromatic heterocycles. The van der Waals surface area contributed by atoms with Crippen LogP contribution in [-0.4, -0.2) is 11.7 Å². The van der Waals surface area contributed by atoms with E-state index < -0.39 is 0 Å². The largest absolute Gasteiger partial charge is 0.294 e. The van der Waals surface area contributed by atoms with Crippen LogP contribution in [0.2, 0.25) is 5.02 Å². The molecule has 0 N–H and O–H groups in total. The van der Waals surface area contributed by atoms with Crippen molar-refractivity contribution in [1.29, 1.82) is 0 Å². The third kappa shape index (κ3) is 3.15. The van der Waals surface area contributed by atoms with Gasteiger partial charge < -0.3 is 0 Å². The highest BCUT2D eigenvalue weighted by atomic mass is 79.9. The van der Waals surface area contributed by atoms with Gasteiger partial charge in [0.15, 0.2) is 5.78 Å². The van der Waals surface area contributed by atoms with Gasteiger partial charge in [0.1, 0.15) is 0 Å². The third-order valence-electron chi connectivity index (χ3n) is 5.44. The molecule has 0 fully saturated rings. The number of rotatable bonds is 2. The standard InChI is InChI=1S/C22H19BrClNO2/c1-13-17(24)8-4-9-18(13)25-19-10-5-11-20(26)22(19)15(12-21(25)27)14-6-2-3-7-16(14)23/h2-4,6-9,15H,5,10-12H2,1H3. The molecule has 2 aliphatic rings. The fourth-order valence-electron chi connectivity index (χ4n) is 4.13. The van der Waals surface area contributed by atoms with Gasteiger partial charge in [-0.15, -0.1) is 0 Å². The van der Waals surface area contributed by atoms with Crippen molar-refractivity contribution in [1.82, 2.24) is 0 Å². The quantitative estimate of drug-likeness (QED) is 0.575. The van der Waals surface area contributed by atoms with Gasteiger partial charge in [0.25, 0.3) is 0 Å². The highest BCUT2D eigenvalue weighted by Gasteiger charge is 2.40. The molecular weight excluding hydrogens is 426 g/mol. The van der Waals surface area contributed by atoms with Crippen LogP contribution < -0.4 is 4.90 Å². The zero-order chi connectivity index (χ0) is 19.1. The predicted octanol–water partition coefficient (Wildman–Crippen LogP) is 5.94. The number of benzene rings is 2. The molecule has 138 valence electrons. The number of carbonyl (C=O) groups excluding carboxylic acids is 2. The number of halogens is 2. The second-order valence-electron chi connectivity index (χ2n) is 7.03. The molecule has 1 aliphatic carbocycles. The van der Waals surface area contributed by atoms with Gasteiger partial charge in [-0.1, -0.05) is 51.8 Å². The predicted molar refractivity (Wildman–Crippen MR) is 111 cm³/mol. The van der Waals surface area contributed by atoms with Crippen LogP contribution in [0.5, 0.6) is 0 Å². The van der Waals surface area contributed by atoms with E-state index in [0.29, 0.717) is 11.4 Å². The Morgan fingerprint density at radius 2 is 1.85 bits per heavy atom. The van der Waals surface area contributed by atoms with Gasteiger partial charge in [0.2, 0.25) is 5.91 Å². The Bertz CT molecular complexity index is 982. The van der Waals surface area contributed by atoms with Gasteiger partial charge >= 0.3 is 0 Å². The van der Waals surface area contributed by atoms with Gasteiger partial charge in [-0.2, -0.15) is 0 Å². The maximum atomic E-state index is 13.2. The number of hydrogen-bond acceptors (Lipinski definition) is 2. The lowest BCUT2D eigenvalue weighted by Crippen LogP contribution is -2.41. The average molecular weight is 445 g/mol. The van der Waals surface area contributed by atoms with E-state index in [1.54, 1.807) is 4.90 Å². The average Bonchev–Trinajstić information content (AvgIpc) is 2.65. The Hall–Kier alpha value is -1.91. The Balaban J connectivity index is 1.92. The topological polar surface area (TPSA) is 37.4 Å². The molecule has 0 radical (unpaired) electrons. The van der Waals surface area contributed by atoms with Crippen LogP contribution in [0.3, 0.4) is 0 Å². The highest BCUT2D eigenvalue weighted by Crippen LogP contribution is 2.45. The van der Waals surface area contributed by atoms with Gasteiger partial charge in [-0.25, -0.2) is 0 Å². The van der Waals surface area contributed by atoms with Crippen LogP contribution in [0.25, 0.3) is 0 Å². The van der Waals surface area contributed by atoms with E-state index in [-0.39, 0.29) is 24.0 Å². The molecule has 3 nitrogen and oxygen atoms in total. The van der Waals surface area contributed by atoms with E-state index in [0.717, 1.165) is 45.4 Å². The molecule has 4 rings (SSSR count). The Morgan fingerprint density at radius 1 is 1.07 bits per heavy atom. The molecule has 0 bridgehead atoms. The fourth-order valence-corrected chi connectivity index (χ4v) is 4.86. The maximum absolute atomic E-state index is 13.2. The molecule has 2 aromatic rings. The number of nitrogens with zero attached hydrogens (tertiary/aromatic N) is 1. The van der Waals surface area contributed by atoms with Crippen LogP contribution in [0.1, 0.15) is 42.7 Å². The molecule has 27 heavy (non-hydrogen) atoms. The number of ketones is 1. The van der Waals surface area contributed by atoms with Crippen molar-refractivity contribution in [2.45, 2.75) is 38.5 Å². The fraction of sp³-hybridized carbons (Fsp3) is 0.273. The molecule has 0 spiro atoms. The number of amides is 1. The second-order valence-corrected chi connectivity index (χ2v) is 8.29. The van der Waals surface area contributed by atoms with Crippen LogP contribution in [-0.2, 0) is 9.59 Å². The lowest BCUT2D eigenvalue weighted by molar-refractivity contribution is -0.119. The molecule has 5 heteroatoms. The monoisotopic (exact) mass is 443 g/mol. The van der Waals surface area contributed by atoms with Crippen LogP contribution >= 0.6 is 27.5 Å². The first-order chi connectivity index (χ1) is 13.0. The molecule has 1 heterocycles. The summed E-state index contributed by atoms with van der Waals surface area (Å²) in [4.78, 5) is 27.9. The van der Waals surface area contributed by atoms with E-state index in [9.17, 15) is 9.59 Å². The molecule has 1 aliphatic heterocycles. The summed E-state index contributed by atoms with van der Waals surface area (Å²) in [5.74, 6) is -0.0460. The summed E-state index contributed by atoms with van der Waals surface area (Å²) in [6.07, 6.45) is 2.30. The molecule has 1 unspecified atom stereocenters. The zero-order valence-electron chi connectivity index (χ0n) is 15.0. The number of hydrogen-bond donors (Lipinski definition) is 0. The Morgan fingerprint density at radius 3 is 2.63 bits per heavy atom. The SMILES string of the molecule is Cc1c(Cl)cccc1N1C(=O)CC(c2ccccc2Br)C2=C1CCCC2=O. The lowest BCUT2D eigenvalue weighted by atomic mass is 9.77. The van der Waals surface area contributed by atoms with Crippen LogP contribution in [0.15, 0.2) is 58.2 Å². The number of Topliss-reactive ketones (excluding diaryl/α,β-unsaturated/α-hetero) is 1. The molecule has 0 saturated heterocycles. The van der Waals surface area contributed by atoms with E-state index in [4.69, 9.17) is 11.6 Å². The summed E-state index contributed by atoms with van der Waals surface area (Å²) < 4.78 is 0.931. The van der Waals surface area contributed by atoms with Crippen molar-refractivity contribution in [2.75, 3.05) is 4.90 Å². The number of anilines is 1. The molecule has 2 aromatic carbocycles. The van der Waals surface area contributed by atoms with Gasteiger partial charge in [-0.05, 0) is 49.1 Å². The minimum atomic E-state index is -0.202.